The van der Waals surface area contributed by atoms with Crippen LogP contribution in [0, 0.1) is 0 Å². The van der Waals surface area contributed by atoms with Crippen LogP contribution >= 0.6 is 11.3 Å². The first-order valence-electron chi connectivity index (χ1n) is 7.08. The molecule has 0 radical (unpaired) electrons. The molecule has 2 amide bonds. The number of carbonyl (C=O) groups is 1. The van der Waals surface area contributed by atoms with Crippen molar-refractivity contribution >= 4 is 17.4 Å². The Labute approximate surface area is 128 Å². The Balaban J connectivity index is 1.80. The zero-order valence-electron chi connectivity index (χ0n) is 12.3. The maximum absolute atomic E-state index is 11.6. The number of nitrogens with one attached hydrogen (secondary N) is 2. The third kappa shape index (κ3) is 4.82. The lowest BCUT2D eigenvalue weighted by atomic mass is 10.3. The van der Waals surface area contributed by atoms with Crippen molar-refractivity contribution in [3.63, 3.8) is 0 Å². The lowest BCUT2D eigenvalue weighted by Gasteiger charge is -2.11. The van der Waals surface area contributed by atoms with Crippen LogP contribution < -0.4 is 10.6 Å². The van der Waals surface area contributed by atoms with Gasteiger partial charge in [0.2, 0.25) is 0 Å². The number of hydrogen-bond donors (Lipinski definition) is 2. The van der Waals surface area contributed by atoms with Crippen LogP contribution in [0.4, 0.5) is 4.79 Å². The molecule has 0 fully saturated rings. The van der Waals surface area contributed by atoms with Crippen molar-refractivity contribution < 1.29 is 4.79 Å². The largest absolute Gasteiger partial charge is 0.338 e. The van der Waals surface area contributed by atoms with E-state index >= 15 is 0 Å². The van der Waals surface area contributed by atoms with E-state index < -0.39 is 0 Å². The van der Waals surface area contributed by atoms with E-state index in [-0.39, 0.29) is 12.1 Å². The number of nitrogens with zero attached hydrogens (tertiary/aromatic N) is 2. The minimum Gasteiger partial charge on any atom is -0.338 e. The van der Waals surface area contributed by atoms with Crippen molar-refractivity contribution in [1.29, 1.82) is 0 Å². The number of aromatic nitrogens is 2. The van der Waals surface area contributed by atoms with Crippen molar-refractivity contribution in [2.24, 2.45) is 0 Å². The second-order valence-corrected chi connectivity index (χ2v) is 5.70. The highest BCUT2D eigenvalue weighted by Crippen LogP contribution is 2.22. The summed E-state index contributed by atoms with van der Waals surface area (Å²) in [6.45, 7) is 4.61. The minimum absolute atomic E-state index is 0.117. The van der Waals surface area contributed by atoms with Gasteiger partial charge in [-0.05, 0) is 25.5 Å². The Morgan fingerprint density at radius 1 is 1.38 bits per heavy atom. The van der Waals surface area contributed by atoms with Gasteiger partial charge in [0, 0.05) is 42.3 Å². The van der Waals surface area contributed by atoms with Gasteiger partial charge in [-0.1, -0.05) is 6.92 Å². The number of pyridine rings is 1. The molecule has 0 aliphatic heterocycles. The molecule has 0 aromatic carbocycles. The summed E-state index contributed by atoms with van der Waals surface area (Å²) in [6, 6.07) is 3.97. The maximum Gasteiger partial charge on any atom is 0.315 e. The van der Waals surface area contributed by atoms with Crippen LogP contribution in [-0.2, 0) is 6.42 Å². The van der Waals surface area contributed by atoms with Crippen LogP contribution in [0.15, 0.2) is 29.9 Å². The fraction of sp³-hybridized carbons (Fsp3) is 0.400. The zero-order chi connectivity index (χ0) is 15.1. The minimum atomic E-state index is -0.117. The summed E-state index contributed by atoms with van der Waals surface area (Å²) in [5.74, 6) is 0. The zero-order valence-corrected chi connectivity index (χ0v) is 13.1. The molecular formula is C15H20N4OS. The summed E-state index contributed by atoms with van der Waals surface area (Å²) in [5, 5.41) is 8.74. The lowest BCUT2D eigenvalue weighted by Crippen LogP contribution is -2.41. The van der Waals surface area contributed by atoms with Crippen LogP contribution in [0.1, 0.15) is 26.0 Å². The molecule has 2 heterocycles. The van der Waals surface area contributed by atoms with Gasteiger partial charge in [0.05, 0.1) is 5.69 Å². The van der Waals surface area contributed by atoms with E-state index in [0.29, 0.717) is 6.54 Å². The molecular weight excluding hydrogens is 284 g/mol. The summed E-state index contributed by atoms with van der Waals surface area (Å²) < 4.78 is 0. The molecule has 6 heteroatoms. The molecule has 2 aromatic rings. The Morgan fingerprint density at radius 2 is 2.14 bits per heavy atom. The number of hydrogen-bond acceptors (Lipinski definition) is 4. The van der Waals surface area contributed by atoms with Gasteiger partial charge in [0.25, 0.3) is 0 Å². The fourth-order valence-electron chi connectivity index (χ4n) is 1.73. The molecule has 1 atom stereocenters. The monoisotopic (exact) mass is 304 g/mol. The molecule has 2 aromatic heterocycles. The molecule has 21 heavy (non-hydrogen) atoms. The van der Waals surface area contributed by atoms with Crippen molar-refractivity contribution in [2.75, 3.05) is 6.54 Å². The first-order valence-corrected chi connectivity index (χ1v) is 7.96. The Hall–Kier alpha value is -1.95. The topological polar surface area (TPSA) is 66.9 Å². The van der Waals surface area contributed by atoms with Crippen LogP contribution in [0.3, 0.4) is 0 Å². The van der Waals surface area contributed by atoms with Gasteiger partial charge >= 0.3 is 6.03 Å². The normalized spacial score (nSPS) is 11.9. The lowest BCUT2D eigenvalue weighted by molar-refractivity contribution is 0.237. The second kappa shape index (κ2) is 7.73. The van der Waals surface area contributed by atoms with Crippen LogP contribution in [0.25, 0.3) is 10.6 Å². The summed E-state index contributed by atoms with van der Waals surface area (Å²) in [7, 11) is 0. The summed E-state index contributed by atoms with van der Waals surface area (Å²) in [6.07, 6.45) is 5.18. The number of thiazole rings is 1. The van der Waals surface area contributed by atoms with Crippen molar-refractivity contribution in [1.82, 2.24) is 20.6 Å². The average molecular weight is 304 g/mol. The van der Waals surface area contributed by atoms with E-state index in [1.165, 1.54) is 0 Å². The molecule has 112 valence electrons. The third-order valence-corrected chi connectivity index (χ3v) is 4.08. The van der Waals surface area contributed by atoms with E-state index in [1.54, 1.807) is 23.7 Å². The van der Waals surface area contributed by atoms with Gasteiger partial charge in [-0.25, -0.2) is 9.78 Å². The van der Waals surface area contributed by atoms with Gasteiger partial charge in [0.15, 0.2) is 0 Å². The highest BCUT2D eigenvalue weighted by Gasteiger charge is 2.06. The number of rotatable bonds is 6. The Kier molecular flexibility index (Phi) is 5.68. The summed E-state index contributed by atoms with van der Waals surface area (Å²) >= 11 is 1.61. The van der Waals surface area contributed by atoms with Crippen LogP contribution in [0.5, 0.6) is 0 Å². The second-order valence-electron chi connectivity index (χ2n) is 4.84. The predicted molar refractivity (Wildman–Crippen MR) is 85.3 cm³/mol. The van der Waals surface area contributed by atoms with Gasteiger partial charge < -0.3 is 10.6 Å². The SMILES string of the molecule is CCC(C)NC(=O)NCCc1csc(-c2ccncc2)n1. The summed E-state index contributed by atoms with van der Waals surface area (Å²) in [4.78, 5) is 20.2. The molecule has 0 aliphatic carbocycles. The maximum atomic E-state index is 11.6. The standard InChI is InChI=1S/C15H20N4OS/c1-3-11(2)18-15(20)17-9-6-13-10-21-14(19-13)12-4-7-16-8-5-12/h4-5,7-8,10-11H,3,6,9H2,1-2H3,(H2,17,18,20). The summed E-state index contributed by atoms with van der Waals surface area (Å²) in [5.41, 5.74) is 2.07. The molecule has 1 unspecified atom stereocenters. The van der Waals surface area contributed by atoms with E-state index in [2.05, 4.69) is 20.6 Å². The van der Waals surface area contributed by atoms with E-state index in [0.717, 1.165) is 29.1 Å². The van der Waals surface area contributed by atoms with Gasteiger partial charge in [-0.15, -0.1) is 11.3 Å². The van der Waals surface area contributed by atoms with E-state index in [9.17, 15) is 4.79 Å². The van der Waals surface area contributed by atoms with Gasteiger partial charge in [-0.3, -0.25) is 4.98 Å². The molecule has 2 N–H and O–H groups in total. The van der Waals surface area contributed by atoms with E-state index in [1.807, 2.05) is 31.4 Å². The first kappa shape index (κ1) is 15.4. The number of carbonyl (C=O) groups excluding carboxylic acids is 1. The fourth-order valence-corrected chi connectivity index (χ4v) is 2.59. The van der Waals surface area contributed by atoms with Crippen LogP contribution in [-0.4, -0.2) is 28.6 Å². The average Bonchev–Trinajstić information content (AvgIpc) is 2.97. The number of amides is 2. The van der Waals surface area contributed by atoms with Gasteiger partial charge in [-0.2, -0.15) is 0 Å². The molecule has 0 saturated carbocycles. The molecule has 0 bridgehead atoms. The van der Waals surface area contributed by atoms with Crippen LogP contribution in [0.2, 0.25) is 0 Å². The molecule has 0 saturated heterocycles. The molecule has 5 nitrogen and oxygen atoms in total. The molecule has 0 aliphatic rings. The predicted octanol–water partition coefficient (Wildman–Crippen LogP) is 2.85. The molecule has 2 rings (SSSR count). The van der Waals surface area contributed by atoms with Crippen molar-refractivity contribution in [3.05, 3.63) is 35.6 Å². The van der Waals surface area contributed by atoms with Crippen molar-refractivity contribution in [2.45, 2.75) is 32.7 Å². The van der Waals surface area contributed by atoms with Crippen molar-refractivity contribution in [3.8, 4) is 10.6 Å². The van der Waals surface area contributed by atoms with Gasteiger partial charge in [0.1, 0.15) is 5.01 Å². The Bertz CT molecular complexity index is 570. The smallest absolute Gasteiger partial charge is 0.315 e. The first-order chi connectivity index (χ1) is 10.2. The Morgan fingerprint density at radius 3 is 2.86 bits per heavy atom. The highest BCUT2D eigenvalue weighted by molar-refractivity contribution is 7.13. The quantitative estimate of drug-likeness (QED) is 0.862. The molecule has 0 spiro atoms. The number of urea groups is 1. The highest BCUT2D eigenvalue weighted by atomic mass is 32.1. The van der Waals surface area contributed by atoms with E-state index in [4.69, 9.17) is 0 Å². The third-order valence-electron chi connectivity index (χ3n) is 3.14.